The molecule has 0 aliphatic heterocycles. The number of benzene rings is 1. The Labute approximate surface area is 92.3 Å². The summed E-state index contributed by atoms with van der Waals surface area (Å²) in [5, 5.41) is 19.5. The number of nitrogens with zero attached hydrogens (tertiary/aromatic N) is 2. The van der Waals surface area contributed by atoms with E-state index in [-0.39, 0.29) is 11.3 Å². The van der Waals surface area contributed by atoms with Gasteiger partial charge in [0.05, 0.1) is 4.92 Å². The first-order chi connectivity index (χ1) is 7.41. The molecular weight excluding hydrogens is 212 g/mol. The molecule has 0 aliphatic carbocycles. The fraction of sp³-hybridized carbons (Fsp3) is 0.300. The first kappa shape index (κ1) is 12.1. The number of aromatic carboxylic acids is 1. The van der Waals surface area contributed by atoms with Crippen LogP contribution in [0.15, 0.2) is 18.2 Å². The summed E-state index contributed by atoms with van der Waals surface area (Å²) in [5.41, 5.74) is 0.0565. The SMILES string of the molecule is CN(C)Cc1ccc(C(=O)O)c([N+](=O)[O-])c1. The van der Waals surface area contributed by atoms with Gasteiger partial charge in [-0.2, -0.15) is 0 Å². The standard InChI is InChI=1S/C10H12N2O4/c1-11(2)6-7-3-4-8(10(13)14)9(5-7)12(15)16/h3-5H,6H2,1-2H3,(H,13,14). The van der Waals surface area contributed by atoms with Gasteiger partial charge in [0.2, 0.25) is 0 Å². The van der Waals surface area contributed by atoms with Gasteiger partial charge in [0.15, 0.2) is 0 Å². The highest BCUT2D eigenvalue weighted by Crippen LogP contribution is 2.20. The van der Waals surface area contributed by atoms with E-state index in [1.807, 2.05) is 19.0 Å². The normalized spacial score (nSPS) is 10.4. The first-order valence-corrected chi connectivity index (χ1v) is 4.57. The minimum absolute atomic E-state index is 0.285. The molecule has 0 saturated carbocycles. The summed E-state index contributed by atoms with van der Waals surface area (Å²) < 4.78 is 0. The summed E-state index contributed by atoms with van der Waals surface area (Å²) >= 11 is 0. The van der Waals surface area contributed by atoms with E-state index in [1.54, 1.807) is 6.07 Å². The number of nitro groups is 1. The van der Waals surface area contributed by atoms with Gasteiger partial charge in [-0.3, -0.25) is 10.1 Å². The number of rotatable bonds is 4. The lowest BCUT2D eigenvalue weighted by atomic mass is 10.1. The van der Waals surface area contributed by atoms with Gasteiger partial charge in [0.1, 0.15) is 5.56 Å². The number of hydrogen-bond donors (Lipinski definition) is 1. The van der Waals surface area contributed by atoms with Crippen molar-refractivity contribution in [3.8, 4) is 0 Å². The average molecular weight is 224 g/mol. The number of carbonyl (C=O) groups is 1. The van der Waals surface area contributed by atoms with Crippen LogP contribution in [0.1, 0.15) is 15.9 Å². The van der Waals surface area contributed by atoms with E-state index in [1.165, 1.54) is 12.1 Å². The van der Waals surface area contributed by atoms with Gasteiger partial charge in [-0.15, -0.1) is 0 Å². The van der Waals surface area contributed by atoms with E-state index in [0.29, 0.717) is 12.1 Å². The Hall–Kier alpha value is -1.95. The van der Waals surface area contributed by atoms with Crippen molar-refractivity contribution in [2.24, 2.45) is 0 Å². The molecule has 0 spiro atoms. The van der Waals surface area contributed by atoms with Crippen molar-refractivity contribution in [3.05, 3.63) is 39.4 Å². The number of carboxylic acids is 1. The number of nitro benzene ring substituents is 1. The predicted molar refractivity (Wildman–Crippen MR) is 57.4 cm³/mol. The molecule has 6 nitrogen and oxygen atoms in total. The van der Waals surface area contributed by atoms with E-state index in [4.69, 9.17) is 5.11 Å². The van der Waals surface area contributed by atoms with Crippen molar-refractivity contribution in [2.75, 3.05) is 14.1 Å². The molecule has 0 radical (unpaired) electrons. The van der Waals surface area contributed by atoms with Crippen LogP contribution in [0.4, 0.5) is 5.69 Å². The van der Waals surface area contributed by atoms with Crippen LogP contribution in [0.25, 0.3) is 0 Å². The maximum Gasteiger partial charge on any atom is 0.342 e. The molecule has 86 valence electrons. The minimum atomic E-state index is -1.29. The summed E-state index contributed by atoms with van der Waals surface area (Å²) in [7, 11) is 3.66. The molecule has 16 heavy (non-hydrogen) atoms. The molecule has 1 N–H and O–H groups in total. The van der Waals surface area contributed by atoms with E-state index >= 15 is 0 Å². The molecule has 0 atom stereocenters. The highest BCUT2D eigenvalue weighted by molar-refractivity contribution is 5.92. The van der Waals surface area contributed by atoms with Gasteiger partial charge in [0, 0.05) is 12.6 Å². The van der Waals surface area contributed by atoms with Gasteiger partial charge in [-0.25, -0.2) is 4.79 Å². The lowest BCUT2D eigenvalue weighted by molar-refractivity contribution is -0.385. The molecule has 1 aromatic rings. The second-order valence-electron chi connectivity index (χ2n) is 3.65. The van der Waals surface area contributed by atoms with Crippen LogP contribution < -0.4 is 0 Å². The third-order valence-electron chi connectivity index (χ3n) is 1.99. The molecule has 1 rings (SSSR count). The quantitative estimate of drug-likeness (QED) is 0.616. The van der Waals surface area contributed by atoms with Crippen molar-refractivity contribution in [2.45, 2.75) is 6.54 Å². The third-order valence-corrected chi connectivity index (χ3v) is 1.99. The van der Waals surface area contributed by atoms with E-state index in [2.05, 4.69) is 0 Å². The summed E-state index contributed by atoms with van der Waals surface area (Å²) in [5.74, 6) is -1.29. The summed E-state index contributed by atoms with van der Waals surface area (Å²) in [6, 6.07) is 4.14. The van der Waals surface area contributed by atoms with Crippen LogP contribution in [-0.2, 0) is 6.54 Å². The fourth-order valence-electron chi connectivity index (χ4n) is 1.37. The highest BCUT2D eigenvalue weighted by Gasteiger charge is 2.19. The molecule has 1 aromatic carbocycles. The lowest BCUT2D eigenvalue weighted by Crippen LogP contribution is -2.11. The van der Waals surface area contributed by atoms with Crippen molar-refractivity contribution in [1.82, 2.24) is 4.90 Å². The van der Waals surface area contributed by atoms with Crippen LogP contribution in [0.5, 0.6) is 0 Å². The van der Waals surface area contributed by atoms with Crippen LogP contribution in [0, 0.1) is 10.1 Å². The van der Waals surface area contributed by atoms with E-state index < -0.39 is 10.9 Å². The Morgan fingerprint density at radius 2 is 2.12 bits per heavy atom. The van der Waals surface area contributed by atoms with Gasteiger partial charge in [-0.05, 0) is 25.7 Å². The Morgan fingerprint density at radius 1 is 1.50 bits per heavy atom. The second kappa shape index (κ2) is 4.71. The summed E-state index contributed by atoms with van der Waals surface area (Å²) in [6.07, 6.45) is 0. The maximum absolute atomic E-state index is 10.7. The second-order valence-corrected chi connectivity index (χ2v) is 3.65. The van der Waals surface area contributed by atoms with Gasteiger partial charge < -0.3 is 10.0 Å². The van der Waals surface area contributed by atoms with Crippen molar-refractivity contribution >= 4 is 11.7 Å². The van der Waals surface area contributed by atoms with Crippen LogP contribution in [0.3, 0.4) is 0 Å². The van der Waals surface area contributed by atoms with E-state index in [9.17, 15) is 14.9 Å². The Bertz CT molecular complexity index is 429. The Balaban J connectivity index is 3.17. The Kier molecular flexibility index (Phi) is 3.57. The molecule has 0 bridgehead atoms. The zero-order chi connectivity index (χ0) is 12.3. The zero-order valence-electron chi connectivity index (χ0n) is 9.01. The molecule has 0 amide bonds. The highest BCUT2D eigenvalue weighted by atomic mass is 16.6. The molecule has 0 saturated heterocycles. The molecule has 0 aliphatic rings. The molecule has 6 heteroatoms. The summed E-state index contributed by atoms with van der Waals surface area (Å²) in [6.45, 7) is 0.529. The fourth-order valence-corrected chi connectivity index (χ4v) is 1.37. The first-order valence-electron chi connectivity index (χ1n) is 4.57. The van der Waals surface area contributed by atoms with Gasteiger partial charge >= 0.3 is 5.97 Å². The van der Waals surface area contributed by atoms with Crippen LogP contribution in [0.2, 0.25) is 0 Å². The molecule has 0 aromatic heterocycles. The van der Waals surface area contributed by atoms with Gasteiger partial charge in [-0.1, -0.05) is 6.07 Å². The largest absolute Gasteiger partial charge is 0.477 e. The molecule has 0 heterocycles. The summed E-state index contributed by atoms with van der Waals surface area (Å²) in [4.78, 5) is 22.6. The maximum atomic E-state index is 10.7. The average Bonchev–Trinajstić information content (AvgIpc) is 2.16. The third kappa shape index (κ3) is 2.77. The van der Waals surface area contributed by atoms with Crippen molar-refractivity contribution in [3.63, 3.8) is 0 Å². The van der Waals surface area contributed by atoms with Crippen molar-refractivity contribution < 1.29 is 14.8 Å². The minimum Gasteiger partial charge on any atom is -0.477 e. The topological polar surface area (TPSA) is 83.7 Å². The van der Waals surface area contributed by atoms with Crippen LogP contribution >= 0.6 is 0 Å². The molecular formula is C10H12N2O4. The molecule has 0 fully saturated rings. The van der Waals surface area contributed by atoms with Crippen molar-refractivity contribution in [1.29, 1.82) is 0 Å². The monoisotopic (exact) mass is 224 g/mol. The number of hydrogen-bond acceptors (Lipinski definition) is 4. The van der Waals surface area contributed by atoms with Gasteiger partial charge in [0.25, 0.3) is 5.69 Å². The zero-order valence-corrected chi connectivity index (χ0v) is 9.01. The number of carboxylic acid groups (broad SMARTS) is 1. The smallest absolute Gasteiger partial charge is 0.342 e. The lowest BCUT2D eigenvalue weighted by Gasteiger charge is -2.09. The molecule has 0 unspecified atom stereocenters. The predicted octanol–water partition coefficient (Wildman–Crippen LogP) is 1.35. The van der Waals surface area contributed by atoms with Crippen LogP contribution in [-0.4, -0.2) is 35.0 Å². The Morgan fingerprint density at radius 3 is 2.56 bits per heavy atom. The van der Waals surface area contributed by atoms with E-state index in [0.717, 1.165) is 0 Å².